The maximum atomic E-state index is 12.5. The van der Waals surface area contributed by atoms with Crippen molar-refractivity contribution >= 4 is 23.6 Å². The van der Waals surface area contributed by atoms with Crippen LogP contribution >= 0.6 is 0 Å². The van der Waals surface area contributed by atoms with Crippen molar-refractivity contribution in [2.45, 2.75) is 6.18 Å². The van der Waals surface area contributed by atoms with E-state index in [1.165, 1.54) is 18.2 Å². The summed E-state index contributed by atoms with van der Waals surface area (Å²) < 4.78 is 42.0. The van der Waals surface area contributed by atoms with E-state index in [2.05, 4.69) is 9.73 Å². The van der Waals surface area contributed by atoms with Crippen LogP contribution in [-0.2, 0) is 10.9 Å². The maximum Gasteiger partial charge on any atom is 0.416 e. The molecule has 130 valence electrons. The molecule has 0 aliphatic rings. The number of methoxy groups -OCH3 is 1. The number of esters is 1. The average Bonchev–Trinajstić information content (AvgIpc) is 2.58. The van der Waals surface area contributed by atoms with Gasteiger partial charge in [-0.05, 0) is 36.4 Å². The van der Waals surface area contributed by atoms with Gasteiger partial charge in [-0.3, -0.25) is 15.1 Å². The van der Waals surface area contributed by atoms with E-state index in [0.717, 1.165) is 37.6 Å². The fraction of sp³-hybridized carbons (Fsp3) is 0.125. The Morgan fingerprint density at radius 3 is 2.36 bits per heavy atom. The van der Waals surface area contributed by atoms with Crippen LogP contribution in [0.3, 0.4) is 0 Å². The van der Waals surface area contributed by atoms with Crippen LogP contribution in [0.4, 0.5) is 24.5 Å². The highest BCUT2D eigenvalue weighted by molar-refractivity contribution is 5.99. The molecule has 0 aliphatic heterocycles. The van der Waals surface area contributed by atoms with Crippen molar-refractivity contribution < 1.29 is 27.6 Å². The highest BCUT2D eigenvalue weighted by Crippen LogP contribution is 2.30. The third-order valence-electron chi connectivity index (χ3n) is 3.20. The van der Waals surface area contributed by atoms with E-state index in [4.69, 9.17) is 0 Å². The number of hydrogen-bond donors (Lipinski definition) is 0. The van der Waals surface area contributed by atoms with Crippen molar-refractivity contribution in [3.05, 3.63) is 69.3 Å². The van der Waals surface area contributed by atoms with E-state index < -0.39 is 28.3 Å². The number of halogens is 3. The molecule has 0 radical (unpaired) electrons. The Morgan fingerprint density at radius 2 is 1.84 bits per heavy atom. The van der Waals surface area contributed by atoms with Gasteiger partial charge < -0.3 is 4.74 Å². The van der Waals surface area contributed by atoms with E-state index in [9.17, 15) is 28.1 Å². The number of nitro benzene ring substituents is 1. The third kappa shape index (κ3) is 4.19. The summed E-state index contributed by atoms with van der Waals surface area (Å²) in [5.74, 6) is -0.878. The summed E-state index contributed by atoms with van der Waals surface area (Å²) in [4.78, 5) is 26.0. The molecule has 0 aliphatic carbocycles. The largest absolute Gasteiger partial charge is 0.465 e. The number of carbonyl (C=O) groups is 1. The number of nitrogens with zero attached hydrogens (tertiary/aromatic N) is 2. The molecule has 0 bridgehead atoms. The molecule has 0 saturated carbocycles. The van der Waals surface area contributed by atoms with Crippen LogP contribution < -0.4 is 0 Å². The Balaban J connectivity index is 2.38. The van der Waals surface area contributed by atoms with Crippen molar-refractivity contribution in [3.8, 4) is 0 Å². The van der Waals surface area contributed by atoms with Crippen LogP contribution in [-0.4, -0.2) is 24.2 Å². The zero-order valence-corrected chi connectivity index (χ0v) is 12.8. The number of alkyl halides is 3. The first kappa shape index (κ1) is 18.1. The third-order valence-corrected chi connectivity index (χ3v) is 3.20. The summed E-state index contributed by atoms with van der Waals surface area (Å²) in [5, 5.41) is 11.2. The first-order chi connectivity index (χ1) is 11.7. The summed E-state index contributed by atoms with van der Waals surface area (Å²) in [6, 6.07) is 7.98. The SMILES string of the molecule is COC(=O)c1cccc(C=Nc2ccc(C(F)(F)F)cc2)c1[N+](=O)[O-]. The van der Waals surface area contributed by atoms with Gasteiger partial charge in [-0.2, -0.15) is 13.2 Å². The molecule has 0 fully saturated rings. The van der Waals surface area contributed by atoms with Gasteiger partial charge in [0.25, 0.3) is 5.69 Å². The van der Waals surface area contributed by atoms with Gasteiger partial charge in [0.05, 0.1) is 28.8 Å². The molecule has 2 rings (SSSR count). The minimum atomic E-state index is -4.46. The van der Waals surface area contributed by atoms with E-state index in [1.54, 1.807) is 0 Å². The minimum absolute atomic E-state index is 0.0211. The number of hydrogen-bond acceptors (Lipinski definition) is 5. The standard InChI is InChI=1S/C16H11F3N2O4/c1-25-15(22)13-4-2-3-10(14(13)21(23)24)9-20-12-7-5-11(6-8-12)16(17,18)19/h2-9H,1H3. The van der Waals surface area contributed by atoms with Crippen LogP contribution in [0.2, 0.25) is 0 Å². The topological polar surface area (TPSA) is 81.8 Å². The summed E-state index contributed by atoms with van der Waals surface area (Å²) >= 11 is 0. The molecule has 0 spiro atoms. The molecule has 0 saturated heterocycles. The first-order valence-electron chi connectivity index (χ1n) is 6.81. The Labute approximate surface area is 139 Å². The van der Waals surface area contributed by atoms with Gasteiger partial charge >= 0.3 is 12.1 Å². The smallest absolute Gasteiger partial charge is 0.416 e. The van der Waals surface area contributed by atoms with Gasteiger partial charge in [0.15, 0.2) is 0 Å². The van der Waals surface area contributed by atoms with E-state index in [0.29, 0.717) is 0 Å². The van der Waals surface area contributed by atoms with Gasteiger partial charge in [-0.1, -0.05) is 6.07 Å². The predicted octanol–water partition coefficient (Wildman–Crippen LogP) is 4.15. The van der Waals surface area contributed by atoms with Crippen molar-refractivity contribution in [2.24, 2.45) is 4.99 Å². The van der Waals surface area contributed by atoms with Crippen LogP contribution in [0.5, 0.6) is 0 Å². The van der Waals surface area contributed by atoms with Crippen molar-refractivity contribution in [1.82, 2.24) is 0 Å². The lowest BCUT2D eigenvalue weighted by Gasteiger charge is -2.06. The average molecular weight is 352 g/mol. The van der Waals surface area contributed by atoms with Crippen LogP contribution in [0.1, 0.15) is 21.5 Å². The second-order valence-electron chi connectivity index (χ2n) is 4.79. The van der Waals surface area contributed by atoms with Crippen LogP contribution in [0.25, 0.3) is 0 Å². The zero-order chi connectivity index (χ0) is 18.6. The fourth-order valence-corrected chi connectivity index (χ4v) is 2.02. The Bertz CT molecular complexity index is 830. The van der Waals surface area contributed by atoms with E-state index in [1.807, 2.05) is 0 Å². The molecular weight excluding hydrogens is 341 g/mol. The molecule has 0 unspecified atom stereocenters. The minimum Gasteiger partial charge on any atom is -0.465 e. The summed E-state index contributed by atoms with van der Waals surface area (Å²) in [5.41, 5.74) is -1.38. The number of benzene rings is 2. The molecule has 0 aromatic heterocycles. The van der Waals surface area contributed by atoms with E-state index >= 15 is 0 Å². The number of aliphatic imine (C=N–C) groups is 1. The number of carbonyl (C=O) groups excluding carboxylic acids is 1. The quantitative estimate of drug-likeness (QED) is 0.358. The van der Waals surface area contributed by atoms with Crippen LogP contribution in [0, 0.1) is 10.1 Å². The lowest BCUT2D eigenvalue weighted by atomic mass is 10.1. The highest BCUT2D eigenvalue weighted by atomic mass is 19.4. The Morgan fingerprint density at radius 1 is 1.20 bits per heavy atom. The number of nitro groups is 1. The van der Waals surface area contributed by atoms with Crippen molar-refractivity contribution in [1.29, 1.82) is 0 Å². The lowest BCUT2D eigenvalue weighted by molar-refractivity contribution is -0.385. The van der Waals surface area contributed by atoms with Crippen LogP contribution in [0.15, 0.2) is 47.5 Å². The fourth-order valence-electron chi connectivity index (χ4n) is 2.02. The predicted molar refractivity (Wildman–Crippen MR) is 83.1 cm³/mol. The molecule has 6 nitrogen and oxygen atoms in total. The molecule has 0 atom stereocenters. The van der Waals surface area contributed by atoms with Gasteiger partial charge in [-0.15, -0.1) is 0 Å². The number of ether oxygens (including phenoxy) is 1. The molecule has 2 aromatic rings. The summed E-state index contributed by atoms with van der Waals surface area (Å²) in [6.07, 6.45) is -3.36. The molecule has 9 heteroatoms. The molecule has 2 aromatic carbocycles. The number of rotatable bonds is 4. The Kier molecular flexibility index (Phi) is 5.16. The monoisotopic (exact) mass is 352 g/mol. The zero-order valence-electron chi connectivity index (χ0n) is 12.8. The Hall–Kier alpha value is -3.23. The summed E-state index contributed by atoms with van der Waals surface area (Å²) in [7, 11) is 1.09. The molecular formula is C16H11F3N2O4. The second-order valence-corrected chi connectivity index (χ2v) is 4.79. The molecule has 0 N–H and O–H groups in total. The second kappa shape index (κ2) is 7.12. The normalized spacial score (nSPS) is 11.5. The molecule has 25 heavy (non-hydrogen) atoms. The lowest BCUT2D eigenvalue weighted by Crippen LogP contribution is -2.07. The first-order valence-corrected chi connectivity index (χ1v) is 6.81. The van der Waals surface area contributed by atoms with E-state index in [-0.39, 0.29) is 16.8 Å². The highest BCUT2D eigenvalue weighted by Gasteiger charge is 2.30. The summed E-state index contributed by atoms with van der Waals surface area (Å²) in [6.45, 7) is 0. The van der Waals surface area contributed by atoms with Gasteiger partial charge in [0, 0.05) is 6.21 Å². The van der Waals surface area contributed by atoms with Gasteiger partial charge in [0.1, 0.15) is 5.56 Å². The van der Waals surface area contributed by atoms with Crippen molar-refractivity contribution in [2.75, 3.05) is 7.11 Å². The maximum absolute atomic E-state index is 12.5. The van der Waals surface area contributed by atoms with Gasteiger partial charge in [-0.25, -0.2) is 4.79 Å². The molecule has 0 heterocycles. The van der Waals surface area contributed by atoms with Crippen molar-refractivity contribution in [3.63, 3.8) is 0 Å². The van der Waals surface area contributed by atoms with Gasteiger partial charge in [0.2, 0.25) is 0 Å². The number of para-hydroxylation sites is 1. The molecule has 0 amide bonds.